The topological polar surface area (TPSA) is 417 Å². The first-order chi connectivity index (χ1) is 30.9. The van der Waals surface area contributed by atoms with Crippen molar-refractivity contribution in [3.8, 4) is 0 Å². The fourth-order valence-electron chi connectivity index (χ4n) is 6.33. The molecule has 0 bridgehead atoms. The first-order valence-corrected chi connectivity index (χ1v) is 22.1. The number of aliphatic carboxylic acids is 2. The number of amides is 9. The van der Waals surface area contributed by atoms with Gasteiger partial charge < -0.3 is 74.4 Å². The van der Waals surface area contributed by atoms with Gasteiger partial charge in [0.1, 0.15) is 48.3 Å². The van der Waals surface area contributed by atoms with Crippen molar-refractivity contribution in [2.75, 3.05) is 6.61 Å². The summed E-state index contributed by atoms with van der Waals surface area (Å²) >= 11 is 0. The molecule has 0 spiro atoms. The lowest BCUT2D eigenvalue weighted by molar-refractivity contribution is -0.143. The standard InChI is InChI=1S/C42H74N10O15/c1-18(2)13-25(46-34(58)22(9)43)37(61)50-29(17-53)39(63)48-27(16-30(44)55)38(62)47-26(14-19(3)4)36(60)45-24(11-12-31(56)57)35(59)51-32(21(7)8)40(64)52-33(23(10)54)41(65)49-28(42(66)67)15-20(5)6/h18-29,32-33,53-54H,11-17,43H2,1-10H3,(H2,44,55)(H,45,60)(H,46,58)(H,47,62)(H,48,63)(H,49,65)(H,50,61)(H,51,59)(H,52,64)(H,56,57)(H,66,67)/t22-,23+,24-,25-,26-,27-,28-,29-,32-,33-/m0/s1. The molecular weight excluding hydrogens is 885 g/mol. The van der Waals surface area contributed by atoms with Crippen molar-refractivity contribution >= 4 is 65.1 Å². The molecule has 0 fully saturated rings. The predicted octanol–water partition coefficient (Wildman–Crippen LogP) is -3.80. The molecule has 16 N–H and O–H groups in total. The van der Waals surface area contributed by atoms with Crippen molar-refractivity contribution in [3.63, 3.8) is 0 Å². The van der Waals surface area contributed by atoms with Crippen molar-refractivity contribution in [2.24, 2.45) is 35.1 Å². The lowest BCUT2D eigenvalue weighted by Crippen LogP contribution is -2.62. The van der Waals surface area contributed by atoms with Crippen LogP contribution in [0.3, 0.4) is 0 Å². The van der Waals surface area contributed by atoms with E-state index in [0.29, 0.717) is 0 Å². The summed E-state index contributed by atoms with van der Waals surface area (Å²) in [5.74, 6) is -13.1. The Morgan fingerprint density at radius 1 is 0.463 bits per heavy atom. The van der Waals surface area contributed by atoms with E-state index in [0.717, 1.165) is 0 Å². The summed E-state index contributed by atoms with van der Waals surface area (Å²) in [7, 11) is 0. The monoisotopic (exact) mass is 959 g/mol. The van der Waals surface area contributed by atoms with Gasteiger partial charge in [-0.1, -0.05) is 55.4 Å². The summed E-state index contributed by atoms with van der Waals surface area (Å²) in [6, 6.07) is -13.3. The smallest absolute Gasteiger partial charge is 0.326 e. The quantitative estimate of drug-likeness (QED) is 0.0317. The number of hydrogen-bond donors (Lipinski definition) is 14. The Kier molecular flexibility index (Phi) is 27.0. The molecule has 0 aliphatic carbocycles. The van der Waals surface area contributed by atoms with Crippen molar-refractivity contribution in [3.05, 3.63) is 0 Å². The van der Waals surface area contributed by atoms with E-state index in [-0.39, 0.29) is 37.0 Å². The molecule has 67 heavy (non-hydrogen) atoms. The van der Waals surface area contributed by atoms with Crippen LogP contribution < -0.4 is 54.0 Å². The Labute approximate surface area is 390 Å². The van der Waals surface area contributed by atoms with Crippen LogP contribution in [0.15, 0.2) is 0 Å². The van der Waals surface area contributed by atoms with Crippen molar-refractivity contribution in [1.29, 1.82) is 0 Å². The molecule has 382 valence electrons. The Bertz CT molecular complexity index is 1740. The second kappa shape index (κ2) is 29.6. The van der Waals surface area contributed by atoms with Crippen molar-refractivity contribution in [2.45, 2.75) is 168 Å². The number of carbonyl (C=O) groups is 11. The minimum absolute atomic E-state index is 0.0345. The van der Waals surface area contributed by atoms with Gasteiger partial charge in [0, 0.05) is 6.42 Å². The fraction of sp³-hybridized carbons (Fsp3) is 0.738. The lowest BCUT2D eigenvalue weighted by Gasteiger charge is -2.29. The van der Waals surface area contributed by atoms with Gasteiger partial charge in [0.15, 0.2) is 0 Å². The Morgan fingerprint density at radius 2 is 0.821 bits per heavy atom. The third-order valence-corrected chi connectivity index (χ3v) is 9.86. The molecule has 0 saturated heterocycles. The molecule has 0 aliphatic heterocycles. The Balaban J connectivity index is 6.50. The van der Waals surface area contributed by atoms with E-state index in [1.54, 1.807) is 41.5 Å². The first-order valence-electron chi connectivity index (χ1n) is 22.1. The highest BCUT2D eigenvalue weighted by Gasteiger charge is 2.37. The number of carboxylic acids is 2. The lowest BCUT2D eigenvalue weighted by atomic mass is 9.99. The fourth-order valence-corrected chi connectivity index (χ4v) is 6.33. The molecule has 25 nitrogen and oxygen atoms in total. The normalized spacial score (nSPS) is 15.8. The van der Waals surface area contributed by atoms with Crippen molar-refractivity contribution < 1.29 is 73.2 Å². The van der Waals surface area contributed by atoms with Gasteiger partial charge in [0.25, 0.3) is 0 Å². The van der Waals surface area contributed by atoms with E-state index in [9.17, 15) is 73.2 Å². The average molecular weight is 959 g/mol. The van der Waals surface area contributed by atoms with Gasteiger partial charge in [0.2, 0.25) is 53.2 Å². The molecular formula is C42H74N10O15. The number of nitrogens with one attached hydrogen (secondary N) is 8. The van der Waals surface area contributed by atoms with Crippen molar-refractivity contribution in [1.82, 2.24) is 42.5 Å². The zero-order valence-electron chi connectivity index (χ0n) is 40.0. The average Bonchev–Trinajstić information content (AvgIpc) is 3.19. The van der Waals surface area contributed by atoms with Crippen LogP contribution in [0, 0.1) is 23.7 Å². The minimum atomic E-state index is -1.79. The van der Waals surface area contributed by atoms with Gasteiger partial charge in [0.05, 0.1) is 25.2 Å². The molecule has 0 heterocycles. The molecule has 9 amide bonds. The van der Waals surface area contributed by atoms with Crippen LogP contribution in [-0.2, 0) is 52.7 Å². The van der Waals surface area contributed by atoms with E-state index >= 15 is 0 Å². The number of aliphatic hydroxyl groups is 2. The highest BCUT2D eigenvalue weighted by atomic mass is 16.4. The number of carbonyl (C=O) groups excluding carboxylic acids is 9. The summed E-state index contributed by atoms with van der Waals surface area (Å²) in [5.41, 5.74) is 11.0. The van der Waals surface area contributed by atoms with Crippen LogP contribution in [0.25, 0.3) is 0 Å². The molecule has 0 rings (SSSR count). The second-order valence-electron chi connectivity index (χ2n) is 18.1. The summed E-state index contributed by atoms with van der Waals surface area (Å²) < 4.78 is 0. The summed E-state index contributed by atoms with van der Waals surface area (Å²) in [6.07, 6.45) is -3.56. The van der Waals surface area contributed by atoms with Gasteiger partial charge >= 0.3 is 11.9 Å². The van der Waals surface area contributed by atoms with Gasteiger partial charge in [-0.25, -0.2) is 4.79 Å². The molecule has 0 saturated carbocycles. The van der Waals surface area contributed by atoms with Gasteiger partial charge in [-0.15, -0.1) is 0 Å². The maximum absolute atomic E-state index is 13.9. The van der Waals surface area contributed by atoms with E-state index in [2.05, 4.69) is 42.5 Å². The van der Waals surface area contributed by atoms with E-state index in [1.165, 1.54) is 27.7 Å². The number of primary amides is 1. The predicted molar refractivity (Wildman–Crippen MR) is 239 cm³/mol. The molecule has 0 radical (unpaired) electrons. The first kappa shape index (κ1) is 61.0. The number of rotatable bonds is 31. The SMILES string of the molecule is CC(C)C[C@H](NC(=O)[C@@H](NC(=O)[C@@H](NC(=O)[C@H](CCC(=O)O)NC(=O)[C@H](CC(C)C)NC(=O)[C@H](CC(N)=O)NC(=O)[C@H](CO)NC(=O)[C@H](CC(C)C)NC(=O)[C@H](C)N)C(C)C)[C@@H](C)O)C(=O)O. The van der Waals surface area contributed by atoms with Crippen LogP contribution in [-0.4, -0.2) is 153 Å². The highest BCUT2D eigenvalue weighted by molar-refractivity contribution is 5.99. The third kappa shape index (κ3) is 23.4. The zero-order valence-corrected chi connectivity index (χ0v) is 40.0. The molecule has 0 unspecified atom stereocenters. The van der Waals surface area contributed by atoms with Crippen LogP contribution in [0.4, 0.5) is 0 Å². The largest absolute Gasteiger partial charge is 0.481 e. The molecule has 0 aromatic heterocycles. The minimum Gasteiger partial charge on any atom is -0.481 e. The van der Waals surface area contributed by atoms with E-state index in [4.69, 9.17) is 11.5 Å². The highest BCUT2D eigenvalue weighted by Crippen LogP contribution is 2.12. The molecule has 0 aromatic rings. The van der Waals surface area contributed by atoms with Gasteiger partial charge in [-0.2, -0.15) is 0 Å². The number of hydrogen-bond acceptors (Lipinski definition) is 14. The molecule has 10 atom stereocenters. The zero-order chi connectivity index (χ0) is 52.0. The molecule has 0 aromatic carbocycles. The maximum atomic E-state index is 13.9. The van der Waals surface area contributed by atoms with Gasteiger partial charge in [-0.05, 0) is 63.2 Å². The number of aliphatic hydroxyl groups excluding tert-OH is 2. The van der Waals surface area contributed by atoms with Crippen LogP contribution in [0.5, 0.6) is 0 Å². The molecule has 25 heteroatoms. The Morgan fingerprint density at radius 3 is 1.22 bits per heavy atom. The number of nitrogens with two attached hydrogens (primary N) is 2. The van der Waals surface area contributed by atoms with Crippen LogP contribution >= 0.6 is 0 Å². The van der Waals surface area contributed by atoms with Gasteiger partial charge in [-0.3, -0.25) is 47.9 Å². The van der Waals surface area contributed by atoms with E-state index in [1.807, 2.05) is 0 Å². The van der Waals surface area contributed by atoms with Crippen LogP contribution in [0.1, 0.15) is 108 Å². The summed E-state index contributed by atoms with van der Waals surface area (Å²) in [4.78, 5) is 142. The second-order valence-corrected chi connectivity index (χ2v) is 18.1. The third-order valence-electron chi connectivity index (χ3n) is 9.86. The summed E-state index contributed by atoms with van der Waals surface area (Å²) in [5, 5.41) is 58.3. The molecule has 0 aliphatic rings. The maximum Gasteiger partial charge on any atom is 0.326 e. The number of carboxylic acid groups (broad SMARTS) is 2. The summed E-state index contributed by atoms with van der Waals surface area (Å²) in [6.45, 7) is 14.9. The Hall–Kier alpha value is -5.95. The van der Waals surface area contributed by atoms with E-state index < -0.39 is 157 Å². The van der Waals surface area contributed by atoms with Crippen LogP contribution in [0.2, 0.25) is 0 Å².